The number of carbonyl (C=O) groups is 1. The third-order valence-electron chi connectivity index (χ3n) is 9.66. The molecule has 2 aromatic carbocycles. The van der Waals surface area contributed by atoms with Crippen molar-refractivity contribution in [3.8, 4) is 11.8 Å². The predicted octanol–water partition coefficient (Wildman–Crippen LogP) is 3.76. The molecule has 44 heavy (non-hydrogen) atoms. The highest BCUT2D eigenvalue weighted by Crippen LogP contribution is 2.43. The number of alkyl halides is 1. The highest BCUT2D eigenvalue weighted by atomic mass is 19.1. The highest BCUT2D eigenvalue weighted by molar-refractivity contribution is 6.16. The fourth-order valence-electron chi connectivity index (χ4n) is 7.58. The lowest BCUT2D eigenvalue weighted by Gasteiger charge is -2.31. The standard InChI is InChI=1S/C31H32F2N8O3/c1-2-21-22(33)5-4-18-10-20(42)11-24(26(18)21)41-14-23-27(29(41)43)28(38-8-9-39-17-34-37-25(39)15-38)36-30(35-23)44-16-31-6-3-7-40(31)13-19(32)12-31/h4-5,10-11,17,19,42H,2-3,6-9,12-16H2,1H3. The maximum absolute atomic E-state index is 15.0. The quantitative estimate of drug-likeness (QED) is 0.353. The van der Waals surface area contributed by atoms with Crippen LogP contribution in [0.1, 0.15) is 53.6 Å². The summed E-state index contributed by atoms with van der Waals surface area (Å²) in [7, 11) is 0. The summed E-state index contributed by atoms with van der Waals surface area (Å²) in [4.78, 5) is 29.5. The van der Waals surface area contributed by atoms with E-state index >= 15 is 0 Å². The van der Waals surface area contributed by atoms with Crippen LogP contribution in [0.2, 0.25) is 0 Å². The lowest BCUT2D eigenvalue weighted by atomic mass is 9.95. The topological polar surface area (TPSA) is 113 Å². The van der Waals surface area contributed by atoms with Gasteiger partial charge >= 0.3 is 6.01 Å². The molecule has 2 aromatic heterocycles. The van der Waals surface area contributed by atoms with Gasteiger partial charge in [-0.05, 0) is 48.9 Å². The molecule has 8 rings (SSSR count). The minimum absolute atomic E-state index is 0.0290. The molecule has 0 aliphatic carbocycles. The monoisotopic (exact) mass is 602 g/mol. The number of ether oxygens (including phenoxy) is 1. The van der Waals surface area contributed by atoms with E-state index in [2.05, 4.69) is 15.1 Å². The zero-order valence-electron chi connectivity index (χ0n) is 24.3. The van der Waals surface area contributed by atoms with Crippen LogP contribution in [-0.4, -0.2) is 78.6 Å². The van der Waals surface area contributed by atoms with Crippen LogP contribution in [0, 0.1) is 5.82 Å². The summed E-state index contributed by atoms with van der Waals surface area (Å²) in [6.07, 6.45) is 3.46. The van der Waals surface area contributed by atoms with Crippen LogP contribution >= 0.6 is 0 Å². The van der Waals surface area contributed by atoms with Gasteiger partial charge in [0, 0.05) is 37.5 Å². The van der Waals surface area contributed by atoms with Crippen LogP contribution in [-0.2, 0) is 26.1 Å². The number of amides is 1. The van der Waals surface area contributed by atoms with Crippen molar-refractivity contribution in [2.24, 2.45) is 0 Å². The van der Waals surface area contributed by atoms with E-state index in [0.29, 0.717) is 78.1 Å². The second kappa shape index (κ2) is 10.1. The van der Waals surface area contributed by atoms with Crippen LogP contribution in [0.5, 0.6) is 11.8 Å². The summed E-state index contributed by atoms with van der Waals surface area (Å²) in [5, 5.41) is 20.1. The average Bonchev–Trinajstić information content (AvgIpc) is 3.77. The van der Waals surface area contributed by atoms with Gasteiger partial charge in [-0.2, -0.15) is 9.97 Å². The van der Waals surface area contributed by atoms with E-state index in [-0.39, 0.29) is 42.2 Å². The molecule has 4 aromatic rings. The van der Waals surface area contributed by atoms with Crippen LogP contribution in [0.15, 0.2) is 30.6 Å². The molecule has 2 fully saturated rings. The van der Waals surface area contributed by atoms with Gasteiger partial charge < -0.3 is 24.2 Å². The van der Waals surface area contributed by atoms with Crippen LogP contribution in [0.3, 0.4) is 0 Å². The Morgan fingerprint density at radius 3 is 2.91 bits per heavy atom. The van der Waals surface area contributed by atoms with Gasteiger partial charge in [-0.15, -0.1) is 10.2 Å². The van der Waals surface area contributed by atoms with Crippen molar-refractivity contribution in [1.29, 1.82) is 0 Å². The fraction of sp³-hybridized carbons (Fsp3) is 0.452. The first-order valence-corrected chi connectivity index (χ1v) is 15.1. The molecule has 6 heterocycles. The van der Waals surface area contributed by atoms with Gasteiger partial charge in [0.1, 0.15) is 42.1 Å². The second-order valence-electron chi connectivity index (χ2n) is 12.2. The molecule has 0 saturated carbocycles. The number of benzene rings is 2. The van der Waals surface area contributed by atoms with Crippen LogP contribution in [0.25, 0.3) is 10.8 Å². The Bertz CT molecular complexity index is 1810. The van der Waals surface area contributed by atoms with E-state index in [1.54, 1.807) is 18.5 Å². The van der Waals surface area contributed by atoms with Gasteiger partial charge in [0.25, 0.3) is 5.91 Å². The first kappa shape index (κ1) is 27.2. The van der Waals surface area contributed by atoms with Gasteiger partial charge in [0.2, 0.25) is 0 Å². The van der Waals surface area contributed by atoms with Crippen molar-refractivity contribution < 1.29 is 23.4 Å². The summed E-state index contributed by atoms with van der Waals surface area (Å²) in [5.41, 5.74) is 1.30. The molecule has 4 aliphatic heterocycles. The molecule has 2 unspecified atom stereocenters. The van der Waals surface area contributed by atoms with Crippen molar-refractivity contribution in [2.75, 3.05) is 36.0 Å². The summed E-state index contributed by atoms with van der Waals surface area (Å²) in [6.45, 7) is 5.02. The number of rotatable bonds is 6. The lowest BCUT2D eigenvalue weighted by Crippen LogP contribution is -2.43. The zero-order chi connectivity index (χ0) is 30.2. The summed E-state index contributed by atoms with van der Waals surface area (Å²) < 4.78 is 37.6. The Labute approximate surface area is 252 Å². The third kappa shape index (κ3) is 4.20. The molecule has 0 spiro atoms. The van der Waals surface area contributed by atoms with Gasteiger partial charge in [-0.3, -0.25) is 9.69 Å². The molecule has 2 atom stereocenters. The predicted molar refractivity (Wildman–Crippen MR) is 157 cm³/mol. The SMILES string of the molecule is CCc1c(F)ccc2cc(O)cc(N3Cc4nc(OCC56CCCN5CC(F)C6)nc(N5CCn6cnnc6C5)c4C3=O)c12. The van der Waals surface area contributed by atoms with Crippen molar-refractivity contribution in [3.63, 3.8) is 0 Å². The zero-order valence-corrected chi connectivity index (χ0v) is 24.3. The van der Waals surface area contributed by atoms with E-state index in [1.807, 2.05) is 16.4 Å². The number of aryl methyl sites for hydroxylation is 1. The van der Waals surface area contributed by atoms with Crippen LogP contribution < -0.4 is 14.5 Å². The van der Waals surface area contributed by atoms with Crippen LogP contribution in [0.4, 0.5) is 20.3 Å². The number of phenolic OH excluding ortho intramolecular Hbond substituents is 1. The maximum Gasteiger partial charge on any atom is 0.318 e. The number of aromatic nitrogens is 5. The Morgan fingerprint density at radius 2 is 2.05 bits per heavy atom. The van der Waals surface area contributed by atoms with E-state index < -0.39 is 6.17 Å². The number of halogens is 2. The maximum atomic E-state index is 15.0. The van der Waals surface area contributed by atoms with Crippen molar-refractivity contribution in [2.45, 2.75) is 64.0 Å². The average molecular weight is 603 g/mol. The Balaban J connectivity index is 1.20. The smallest absolute Gasteiger partial charge is 0.318 e. The van der Waals surface area contributed by atoms with E-state index in [4.69, 9.17) is 14.7 Å². The van der Waals surface area contributed by atoms with Gasteiger partial charge in [-0.1, -0.05) is 13.0 Å². The molecule has 2 saturated heterocycles. The fourth-order valence-corrected chi connectivity index (χ4v) is 7.58. The second-order valence-corrected chi connectivity index (χ2v) is 12.2. The molecular formula is C31H32F2N8O3. The molecule has 1 amide bonds. The van der Waals surface area contributed by atoms with Gasteiger partial charge in [0.15, 0.2) is 5.82 Å². The molecule has 4 aliphatic rings. The number of nitrogens with zero attached hydrogens (tertiary/aromatic N) is 8. The molecular weight excluding hydrogens is 570 g/mol. The number of hydrogen-bond acceptors (Lipinski definition) is 9. The van der Waals surface area contributed by atoms with E-state index in [1.165, 1.54) is 17.0 Å². The Kier molecular flexibility index (Phi) is 6.23. The largest absolute Gasteiger partial charge is 0.508 e. The summed E-state index contributed by atoms with van der Waals surface area (Å²) >= 11 is 0. The van der Waals surface area contributed by atoms with Crippen molar-refractivity contribution in [1.82, 2.24) is 29.6 Å². The molecule has 1 N–H and O–H groups in total. The van der Waals surface area contributed by atoms with Gasteiger partial charge in [0.05, 0.1) is 30.0 Å². The number of hydrogen-bond donors (Lipinski definition) is 1. The first-order chi connectivity index (χ1) is 21.3. The Hall–Kier alpha value is -4.39. The third-order valence-corrected chi connectivity index (χ3v) is 9.66. The number of aromatic hydroxyl groups is 1. The number of fused-ring (bicyclic) bond motifs is 4. The van der Waals surface area contributed by atoms with E-state index in [9.17, 15) is 18.7 Å². The normalized spacial score (nSPS) is 23.0. The minimum atomic E-state index is -0.887. The molecule has 11 nitrogen and oxygen atoms in total. The van der Waals surface area contributed by atoms with Crippen molar-refractivity contribution >= 4 is 28.2 Å². The molecule has 0 radical (unpaired) electrons. The molecule has 13 heteroatoms. The number of phenols is 1. The van der Waals surface area contributed by atoms with E-state index in [0.717, 1.165) is 25.2 Å². The van der Waals surface area contributed by atoms with Gasteiger partial charge in [-0.25, -0.2) is 8.78 Å². The highest BCUT2D eigenvalue weighted by Gasteiger charge is 2.49. The Morgan fingerprint density at radius 1 is 1.16 bits per heavy atom. The lowest BCUT2D eigenvalue weighted by molar-refractivity contribution is 0.0996. The summed E-state index contributed by atoms with van der Waals surface area (Å²) in [5.74, 6) is 0.430. The first-order valence-electron chi connectivity index (χ1n) is 15.1. The number of anilines is 2. The molecule has 228 valence electrons. The minimum Gasteiger partial charge on any atom is -0.508 e. The number of carbonyl (C=O) groups excluding carboxylic acids is 1. The summed E-state index contributed by atoms with van der Waals surface area (Å²) in [6, 6.07) is 6.19. The van der Waals surface area contributed by atoms with Crippen molar-refractivity contribution in [3.05, 3.63) is 59.1 Å². The molecule has 0 bridgehead atoms.